The molecule has 0 unspecified atom stereocenters. The van der Waals surface area contributed by atoms with E-state index >= 15 is 0 Å². The Morgan fingerprint density at radius 1 is 0.957 bits per heavy atom. The molecule has 0 fully saturated rings. The van der Waals surface area contributed by atoms with Gasteiger partial charge >= 0.3 is 0 Å². The van der Waals surface area contributed by atoms with Gasteiger partial charge in [0.05, 0.1) is 5.69 Å². The van der Waals surface area contributed by atoms with Gasteiger partial charge in [0.1, 0.15) is 0 Å². The molecular weight excluding hydrogens is 278 g/mol. The third-order valence-electron chi connectivity index (χ3n) is 5.42. The van der Waals surface area contributed by atoms with E-state index in [1.807, 2.05) is 6.20 Å². The van der Waals surface area contributed by atoms with Crippen LogP contribution in [-0.4, -0.2) is 4.98 Å². The summed E-state index contributed by atoms with van der Waals surface area (Å²) in [5.41, 5.74) is 7.77. The topological polar surface area (TPSA) is 12.9 Å². The van der Waals surface area contributed by atoms with Crippen LogP contribution in [0, 0.1) is 6.92 Å². The SMILES string of the molecule is C=C(c1ccc2c(c1)C(C)(C)CCC2(C)C)c1ccc(C)cn1. The van der Waals surface area contributed by atoms with Crippen LogP contribution in [0.2, 0.25) is 0 Å². The van der Waals surface area contributed by atoms with Crippen molar-refractivity contribution in [1.82, 2.24) is 4.98 Å². The number of pyridine rings is 1. The van der Waals surface area contributed by atoms with Gasteiger partial charge in [-0.15, -0.1) is 0 Å². The monoisotopic (exact) mass is 305 g/mol. The van der Waals surface area contributed by atoms with Crippen LogP contribution in [0.15, 0.2) is 43.1 Å². The summed E-state index contributed by atoms with van der Waals surface area (Å²) < 4.78 is 0. The van der Waals surface area contributed by atoms with Crippen molar-refractivity contribution in [2.45, 2.75) is 58.3 Å². The molecule has 1 aromatic heterocycles. The summed E-state index contributed by atoms with van der Waals surface area (Å²) in [4.78, 5) is 4.53. The van der Waals surface area contributed by atoms with Gasteiger partial charge in [0.2, 0.25) is 0 Å². The van der Waals surface area contributed by atoms with Crippen LogP contribution >= 0.6 is 0 Å². The van der Waals surface area contributed by atoms with Crippen LogP contribution in [0.3, 0.4) is 0 Å². The third kappa shape index (κ3) is 2.85. The fourth-order valence-electron chi connectivity index (χ4n) is 3.57. The minimum absolute atomic E-state index is 0.224. The molecule has 0 saturated carbocycles. The van der Waals surface area contributed by atoms with E-state index in [1.165, 1.54) is 35.1 Å². The molecule has 1 heteroatoms. The first-order valence-electron chi connectivity index (χ1n) is 8.48. The minimum atomic E-state index is 0.224. The molecule has 2 aromatic rings. The molecule has 0 spiro atoms. The van der Waals surface area contributed by atoms with Crippen molar-refractivity contribution < 1.29 is 0 Å². The predicted octanol–water partition coefficient (Wildman–Crippen LogP) is 5.80. The van der Waals surface area contributed by atoms with Crippen molar-refractivity contribution >= 4 is 5.57 Å². The molecule has 1 heterocycles. The second-order valence-electron chi connectivity index (χ2n) is 8.23. The predicted molar refractivity (Wildman–Crippen MR) is 98.8 cm³/mol. The van der Waals surface area contributed by atoms with Gasteiger partial charge in [-0.05, 0) is 58.9 Å². The first kappa shape index (κ1) is 16.0. The molecule has 1 nitrogen and oxygen atoms in total. The van der Waals surface area contributed by atoms with E-state index in [0.717, 1.165) is 11.3 Å². The van der Waals surface area contributed by atoms with Crippen LogP contribution in [0.25, 0.3) is 5.57 Å². The third-order valence-corrected chi connectivity index (χ3v) is 5.42. The van der Waals surface area contributed by atoms with Crippen LogP contribution in [0.1, 0.15) is 68.5 Å². The number of benzene rings is 1. The van der Waals surface area contributed by atoms with Crippen LogP contribution in [0.4, 0.5) is 0 Å². The largest absolute Gasteiger partial charge is 0.256 e. The molecule has 0 saturated heterocycles. The smallest absolute Gasteiger partial charge is 0.0702 e. The molecule has 1 aliphatic carbocycles. The van der Waals surface area contributed by atoms with Crippen molar-refractivity contribution in [2.75, 3.05) is 0 Å². The maximum Gasteiger partial charge on any atom is 0.0702 e. The standard InChI is InChI=1S/C22H27N/c1-15-7-10-20(23-14-15)16(2)17-8-9-18-19(13-17)22(5,6)12-11-21(18,3)4/h7-10,13-14H,2,11-12H2,1,3-6H3. The number of aryl methyl sites for hydroxylation is 1. The van der Waals surface area contributed by atoms with Crippen LogP contribution in [0.5, 0.6) is 0 Å². The number of nitrogens with zero attached hydrogens (tertiary/aromatic N) is 1. The Kier molecular flexibility index (Phi) is 3.71. The van der Waals surface area contributed by atoms with Gasteiger partial charge in [0.15, 0.2) is 0 Å². The lowest BCUT2D eigenvalue weighted by Gasteiger charge is -2.42. The zero-order valence-corrected chi connectivity index (χ0v) is 15.0. The minimum Gasteiger partial charge on any atom is -0.256 e. The van der Waals surface area contributed by atoms with E-state index < -0.39 is 0 Å². The highest BCUT2D eigenvalue weighted by Gasteiger charge is 2.37. The maximum absolute atomic E-state index is 4.53. The first-order valence-corrected chi connectivity index (χ1v) is 8.48. The molecule has 0 N–H and O–H groups in total. The molecule has 23 heavy (non-hydrogen) atoms. The van der Waals surface area contributed by atoms with E-state index in [1.54, 1.807) is 0 Å². The molecule has 0 radical (unpaired) electrons. The summed E-state index contributed by atoms with van der Waals surface area (Å²) in [7, 11) is 0. The zero-order chi connectivity index (χ0) is 16.8. The van der Waals surface area contributed by atoms with Gasteiger partial charge in [0.25, 0.3) is 0 Å². The molecule has 0 atom stereocenters. The Hall–Kier alpha value is -1.89. The van der Waals surface area contributed by atoms with E-state index in [-0.39, 0.29) is 10.8 Å². The lowest BCUT2D eigenvalue weighted by molar-refractivity contribution is 0.332. The molecule has 3 rings (SSSR count). The van der Waals surface area contributed by atoms with Gasteiger partial charge in [0, 0.05) is 11.8 Å². The number of hydrogen-bond donors (Lipinski definition) is 0. The normalized spacial score (nSPS) is 18.3. The van der Waals surface area contributed by atoms with Gasteiger partial charge in [-0.1, -0.05) is 58.5 Å². The Morgan fingerprint density at radius 2 is 1.61 bits per heavy atom. The maximum atomic E-state index is 4.53. The summed E-state index contributed by atoms with van der Waals surface area (Å²) >= 11 is 0. The van der Waals surface area contributed by atoms with E-state index in [9.17, 15) is 0 Å². The molecule has 1 aliphatic rings. The number of aromatic nitrogens is 1. The summed E-state index contributed by atoms with van der Waals surface area (Å²) in [6.07, 6.45) is 4.38. The highest BCUT2D eigenvalue weighted by atomic mass is 14.7. The average molecular weight is 305 g/mol. The van der Waals surface area contributed by atoms with Gasteiger partial charge in [-0.2, -0.15) is 0 Å². The summed E-state index contributed by atoms with van der Waals surface area (Å²) in [5.74, 6) is 0. The number of hydrogen-bond acceptors (Lipinski definition) is 1. The van der Waals surface area contributed by atoms with Crippen LogP contribution < -0.4 is 0 Å². The second kappa shape index (κ2) is 5.33. The van der Waals surface area contributed by atoms with Crippen molar-refractivity contribution in [3.63, 3.8) is 0 Å². The van der Waals surface area contributed by atoms with Crippen molar-refractivity contribution in [3.8, 4) is 0 Å². The van der Waals surface area contributed by atoms with Crippen molar-refractivity contribution in [1.29, 1.82) is 0 Å². The lowest BCUT2D eigenvalue weighted by atomic mass is 9.63. The summed E-state index contributed by atoms with van der Waals surface area (Å²) in [6.45, 7) is 15.8. The molecular formula is C22H27N. The van der Waals surface area contributed by atoms with Crippen LogP contribution in [-0.2, 0) is 10.8 Å². The lowest BCUT2D eigenvalue weighted by Crippen LogP contribution is -2.33. The Morgan fingerprint density at radius 3 is 2.22 bits per heavy atom. The summed E-state index contributed by atoms with van der Waals surface area (Å²) in [5, 5.41) is 0. The molecule has 0 bridgehead atoms. The Labute approximate surface area is 140 Å². The highest BCUT2D eigenvalue weighted by molar-refractivity contribution is 5.77. The molecule has 0 aliphatic heterocycles. The fraction of sp³-hybridized carbons (Fsp3) is 0.409. The zero-order valence-electron chi connectivity index (χ0n) is 15.0. The Bertz CT molecular complexity index is 748. The van der Waals surface area contributed by atoms with Gasteiger partial charge in [-0.25, -0.2) is 0 Å². The highest BCUT2D eigenvalue weighted by Crippen LogP contribution is 2.46. The first-order chi connectivity index (χ1) is 10.7. The summed E-state index contributed by atoms with van der Waals surface area (Å²) in [6, 6.07) is 11.0. The second-order valence-corrected chi connectivity index (χ2v) is 8.23. The quantitative estimate of drug-likeness (QED) is 0.683. The van der Waals surface area contributed by atoms with E-state index in [2.05, 4.69) is 76.5 Å². The molecule has 120 valence electrons. The number of rotatable bonds is 2. The fourth-order valence-corrected chi connectivity index (χ4v) is 3.57. The van der Waals surface area contributed by atoms with Crippen molar-refractivity contribution in [2.24, 2.45) is 0 Å². The van der Waals surface area contributed by atoms with Gasteiger partial charge < -0.3 is 0 Å². The number of fused-ring (bicyclic) bond motifs is 1. The molecule has 1 aromatic carbocycles. The average Bonchev–Trinajstić information content (AvgIpc) is 2.52. The van der Waals surface area contributed by atoms with E-state index in [4.69, 9.17) is 0 Å². The Balaban J connectivity index is 2.06. The van der Waals surface area contributed by atoms with E-state index in [0.29, 0.717) is 0 Å². The van der Waals surface area contributed by atoms with Gasteiger partial charge in [-0.3, -0.25) is 4.98 Å². The van der Waals surface area contributed by atoms with Crippen molar-refractivity contribution in [3.05, 3.63) is 71.1 Å². The molecule has 0 amide bonds.